The third kappa shape index (κ3) is 1.82. The summed E-state index contributed by atoms with van der Waals surface area (Å²) >= 11 is 0. The fourth-order valence-electron chi connectivity index (χ4n) is 3.23. The molecule has 2 aromatic rings. The smallest absolute Gasteiger partial charge is 0.358 e. The highest BCUT2D eigenvalue weighted by Crippen LogP contribution is 2.41. The summed E-state index contributed by atoms with van der Waals surface area (Å²) in [6.45, 7) is 2.28. The Morgan fingerprint density at radius 1 is 1.42 bits per heavy atom. The molecule has 2 aliphatic heterocycles. The maximum Gasteiger partial charge on any atom is 0.358 e. The molecule has 0 saturated carbocycles. The molecule has 0 spiro atoms. The summed E-state index contributed by atoms with van der Waals surface area (Å²) in [6.07, 6.45) is 1.95. The summed E-state index contributed by atoms with van der Waals surface area (Å²) in [5, 5.41) is 0. The van der Waals surface area contributed by atoms with Crippen molar-refractivity contribution >= 4 is 11.9 Å². The van der Waals surface area contributed by atoms with Crippen LogP contribution >= 0.6 is 0 Å². The first-order valence-corrected chi connectivity index (χ1v) is 7.58. The zero-order valence-electron chi connectivity index (χ0n) is 12.8. The summed E-state index contributed by atoms with van der Waals surface area (Å²) in [5.41, 5.74) is 0.396. The monoisotopic (exact) mass is 333 g/mol. The molecule has 1 aromatic carbocycles. The number of imidazole rings is 1. The van der Waals surface area contributed by atoms with E-state index < -0.39 is 29.6 Å². The third-order valence-electron chi connectivity index (χ3n) is 4.42. The van der Waals surface area contributed by atoms with E-state index in [4.69, 9.17) is 4.74 Å². The molecule has 1 aromatic heterocycles. The van der Waals surface area contributed by atoms with Crippen LogP contribution in [0.1, 0.15) is 45.9 Å². The van der Waals surface area contributed by atoms with Crippen molar-refractivity contribution in [2.75, 3.05) is 13.2 Å². The van der Waals surface area contributed by atoms with Crippen LogP contribution in [0.4, 0.5) is 8.78 Å². The van der Waals surface area contributed by atoms with Crippen molar-refractivity contribution in [2.24, 2.45) is 0 Å². The van der Waals surface area contributed by atoms with E-state index in [1.807, 2.05) is 0 Å². The van der Waals surface area contributed by atoms with Gasteiger partial charge in [0.05, 0.1) is 24.0 Å². The van der Waals surface area contributed by atoms with Gasteiger partial charge in [0.15, 0.2) is 17.3 Å². The second-order valence-corrected chi connectivity index (χ2v) is 5.63. The van der Waals surface area contributed by atoms with Crippen LogP contribution in [-0.4, -0.2) is 39.5 Å². The van der Waals surface area contributed by atoms with Crippen molar-refractivity contribution in [3.63, 3.8) is 0 Å². The number of fused-ring (bicyclic) bond motifs is 5. The fourth-order valence-corrected chi connectivity index (χ4v) is 3.23. The summed E-state index contributed by atoms with van der Waals surface area (Å²) in [4.78, 5) is 30.3. The number of carbonyl (C=O) groups is 2. The predicted molar refractivity (Wildman–Crippen MR) is 77.8 cm³/mol. The van der Waals surface area contributed by atoms with Crippen molar-refractivity contribution in [1.29, 1.82) is 0 Å². The highest BCUT2D eigenvalue weighted by atomic mass is 19.2. The predicted octanol–water partition coefficient (Wildman–Crippen LogP) is 2.23. The first-order valence-electron chi connectivity index (χ1n) is 7.58. The number of nitrogens with zero attached hydrogens (tertiary/aromatic N) is 3. The average Bonchev–Trinajstić information content (AvgIpc) is 2.90. The van der Waals surface area contributed by atoms with Crippen LogP contribution < -0.4 is 0 Å². The number of hydrogen-bond acceptors (Lipinski definition) is 4. The first kappa shape index (κ1) is 14.8. The lowest BCUT2D eigenvalue weighted by Crippen LogP contribution is -2.45. The molecular weight excluding hydrogens is 320 g/mol. The topological polar surface area (TPSA) is 64.4 Å². The van der Waals surface area contributed by atoms with Crippen LogP contribution in [0.2, 0.25) is 0 Å². The second-order valence-electron chi connectivity index (χ2n) is 5.63. The number of hydrogen-bond donors (Lipinski definition) is 0. The molecule has 24 heavy (non-hydrogen) atoms. The molecule has 0 unspecified atom stereocenters. The molecule has 1 amide bonds. The highest BCUT2D eigenvalue weighted by Gasteiger charge is 2.44. The Labute approximate surface area is 135 Å². The highest BCUT2D eigenvalue weighted by molar-refractivity contribution is 6.00. The third-order valence-corrected chi connectivity index (χ3v) is 4.42. The number of halogens is 2. The van der Waals surface area contributed by atoms with Crippen molar-refractivity contribution in [3.05, 3.63) is 47.0 Å². The van der Waals surface area contributed by atoms with Gasteiger partial charge in [-0.3, -0.25) is 9.36 Å². The molecule has 6 nitrogen and oxygen atoms in total. The van der Waals surface area contributed by atoms with Gasteiger partial charge in [-0.1, -0.05) is 0 Å². The largest absolute Gasteiger partial charge is 0.461 e. The van der Waals surface area contributed by atoms with E-state index >= 15 is 0 Å². The lowest BCUT2D eigenvalue weighted by atomic mass is 9.97. The molecule has 1 fully saturated rings. The number of amides is 1. The Hall–Kier alpha value is -2.77. The maximum atomic E-state index is 14.3. The molecule has 8 heteroatoms. The number of esters is 1. The molecular formula is C16H13F2N3O3. The lowest BCUT2D eigenvalue weighted by molar-refractivity contribution is 0.0424. The molecule has 0 bridgehead atoms. The van der Waals surface area contributed by atoms with E-state index in [1.54, 1.807) is 6.92 Å². The lowest BCUT2D eigenvalue weighted by Gasteiger charge is -2.39. The van der Waals surface area contributed by atoms with Crippen LogP contribution in [0, 0.1) is 11.6 Å². The molecule has 2 aliphatic rings. The standard InChI is InChI=1S/C16H13F2N3O3/c1-2-24-16(23)13-14-10-5-6-20(10)15(22)11-9(21(14)7-19-13)4-3-8(17)12(11)18/h3-4,7,10H,2,5-6H2,1H3/t10-/m0/s1. The molecule has 1 atom stereocenters. The van der Waals surface area contributed by atoms with Crippen LogP contribution in [-0.2, 0) is 4.74 Å². The average molecular weight is 333 g/mol. The Kier molecular flexibility index (Phi) is 3.16. The van der Waals surface area contributed by atoms with Crippen molar-refractivity contribution in [1.82, 2.24) is 14.5 Å². The zero-order valence-corrected chi connectivity index (χ0v) is 12.8. The minimum absolute atomic E-state index is 0.0944. The molecule has 1 saturated heterocycles. The zero-order chi connectivity index (χ0) is 17.0. The minimum Gasteiger partial charge on any atom is -0.461 e. The van der Waals surface area contributed by atoms with Gasteiger partial charge in [0.25, 0.3) is 5.91 Å². The number of benzene rings is 1. The van der Waals surface area contributed by atoms with Crippen LogP contribution in [0.15, 0.2) is 18.5 Å². The second kappa shape index (κ2) is 5.12. The van der Waals surface area contributed by atoms with Crippen LogP contribution in [0.3, 0.4) is 0 Å². The normalized spacial score (nSPS) is 18.2. The van der Waals surface area contributed by atoms with E-state index in [0.717, 1.165) is 6.07 Å². The SMILES string of the molecule is CCOC(=O)c1ncn2c1[C@@H]1CCN1C(=O)c1c-2ccc(F)c1F. The Bertz CT molecular complexity index is 878. The van der Waals surface area contributed by atoms with E-state index in [0.29, 0.717) is 18.7 Å². The molecule has 3 heterocycles. The van der Waals surface area contributed by atoms with Gasteiger partial charge >= 0.3 is 5.97 Å². The first-order chi connectivity index (χ1) is 11.5. The number of carbonyl (C=O) groups excluding carboxylic acids is 2. The van der Waals surface area contributed by atoms with Crippen molar-refractivity contribution < 1.29 is 23.1 Å². The van der Waals surface area contributed by atoms with Gasteiger partial charge in [-0.15, -0.1) is 0 Å². The van der Waals surface area contributed by atoms with E-state index in [-0.39, 0.29) is 23.6 Å². The Morgan fingerprint density at radius 2 is 2.21 bits per heavy atom. The van der Waals surface area contributed by atoms with Gasteiger partial charge in [-0.2, -0.15) is 0 Å². The van der Waals surface area contributed by atoms with Gasteiger partial charge in [0, 0.05) is 6.54 Å². The maximum absolute atomic E-state index is 14.3. The molecule has 0 aliphatic carbocycles. The van der Waals surface area contributed by atoms with Gasteiger partial charge in [-0.05, 0) is 25.5 Å². The summed E-state index contributed by atoms with van der Waals surface area (Å²) in [6, 6.07) is 1.87. The van der Waals surface area contributed by atoms with E-state index in [9.17, 15) is 18.4 Å². The number of rotatable bonds is 2. The summed E-state index contributed by atoms with van der Waals surface area (Å²) in [7, 11) is 0. The summed E-state index contributed by atoms with van der Waals surface area (Å²) < 4.78 is 34.4. The Morgan fingerprint density at radius 3 is 2.88 bits per heavy atom. The summed E-state index contributed by atoms with van der Waals surface area (Å²) in [5.74, 6) is -3.47. The molecule has 0 radical (unpaired) electrons. The van der Waals surface area contributed by atoms with Crippen molar-refractivity contribution in [2.45, 2.75) is 19.4 Å². The van der Waals surface area contributed by atoms with Gasteiger partial charge < -0.3 is 9.64 Å². The van der Waals surface area contributed by atoms with Gasteiger partial charge in [0.1, 0.15) is 11.9 Å². The Balaban J connectivity index is 1.98. The quantitative estimate of drug-likeness (QED) is 0.791. The van der Waals surface area contributed by atoms with Crippen LogP contribution in [0.5, 0.6) is 0 Å². The van der Waals surface area contributed by atoms with E-state index in [1.165, 1.54) is 21.9 Å². The number of ether oxygens (including phenoxy) is 1. The van der Waals surface area contributed by atoms with Gasteiger partial charge in [-0.25, -0.2) is 18.6 Å². The van der Waals surface area contributed by atoms with Crippen molar-refractivity contribution in [3.8, 4) is 5.69 Å². The molecule has 0 N–H and O–H groups in total. The molecule has 4 rings (SSSR count). The van der Waals surface area contributed by atoms with Crippen LogP contribution in [0.25, 0.3) is 5.69 Å². The van der Waals surface area contributed by atoms with E-state index in [2.05, 4.69) is 4.98 Å². The fraction of sp³-hybridized carbons (Fsp3) is 0.312. The molecule has 124 valence electrons. The minimum atomic E-state index is -1.19. The van der Waals surface area contributed by atoms with Gasteiger partial charge in [0.2, 0.25) is 0 Å². The number of aromatic nitrogens is 2.